The zero-order chi connectivity index (χ0) is 25.4. The van der Waals surface area contributed by atoms with Crippen molar-refractivity contribution >= 4 is 28.5 Å². The van der Waals surface area contributed by atoms with Gasteiger partial charge in [0.2, 0.25) is 5.91 Å². The zero-order valence-corrected chi connectivity index (χ0v) is 19.3. The first-order chi connectivity index (χ1) is 17.3. The van der Waals surface area contributed by atoms with E-state index in [1.807, 2.05) is 30.3 Å². The van der Waals surface area contributed by atoms with E-state index in [2.05, 4.69) is 10.3 Å². The highest BCUT2D eigenvalue weighted by Gasteiger charge is 2.47. The summed E-state index contributed by atoms with van der Waals surface area (Å²) in [6.45, 7) is -0.222. The van der Waals surface area contributed by atoms with Gasteiger partial charge in [0.05, 0.1) is 18.1 Å². The van der Waals surface area contributed by atoms with Crippen LogP contribution < -0.4 is 5.32 Å². The van der Waals surface area contributed by atoms with Gasteiger partial charge in [0, 0.05) is 48.5 Å². The molecule has 2 amide bonds. The zero-order valence-electron chi connectivity index (χ0n) is 19.3. The van der Waals surface area contributed by atoms with E-state index >= 15 is 0 Å². The number of fused-ring (bicyclic) bond motifs is 2. The number of nitriles is 1. The van der Waals surface area contributed by atoms with Crippen LogP contribution in [0, 0.1) is 11.3 Å². The van der Waals surface area contributed by atoms with Crippen molar-refractivity contribution in [3.05, 3.63) is 65.4 Å². The molecule has 1 aromatic heterocycles. The van der Waals surface area contributed by atoms with Crippen LogP contribution in [0.5, 0.6) is 0 Å². The summed E-state index contributed by atoms with van der Waals surface area (Å²) in [5.74, 6) is -4.14. The molecule has 7 nitrogen and oxygen atoms in total. The van der Waals surface area contributed by atoms with Gasteiger partial charge in [-0.05, 0) is 47.4 Å². The molecule has 36 heavy (non-hydrogen) atoms. The lowest BCUT2D eigenvalue weighted by molar-refractivity contribution is -0.132. The molecule has 0 aliphatic carbocycles. The summed E-state index contributed by atoms with van der Waals surface area (Å²) in [5.41, 5.74) is 4.36. The molecule has 3 heterocycles. The molecule has 1 saturated heterocycles. The van der Waals surface area contributed by atoms with Crippen LogP contribution in [-0.2, 0) is 11.2 Å². The first kappa shape index (κ1) is 23.5. The first-order valence-electron chi connectivity index (χ1n) is 11.7. The summed E-state index contributed by atoms with van der Waals surface area (Å²) < 4.78 is 27.4. The SMILES string of the molecule is N#C[C@@H]1CC(F)(F)CN1C(=O)CCC(=O)c1ccnc2ccc(-c3ccc4c(c3)CCNC4=O)cc12. The number of nitrogens with zero attached hydrogens (tertiary/aromatic N) is 3. The molecule has 1 fully saturated rings. The van der Waals surface area contributed by atoms with Gasteiger partial charge in [-0.2, -0.15) is 5.26 Å². The Balaban J connectivity index is 1.38. The number of nitrogens with one attached hydrogen (secondary N) is 1. The van der Waals surface area contributed by atoms with Crippen LogP contribution in [-0.4, -0.2) is 52.5 Å². The van der Waals surface area contributed by atoms with E-state index in [-0.39, 0.29) is 24.5 Å². The van der Waals surface area contributed by atoms with Gasteiger partial charge in [0.25, 0.3) is 11.8 Å². The average molecular weight is 488 g/mol. The molecule has 1 N–H and O–H groups in total. The Morgan fingerprint density at radius 1 is 1.14 bits per heavy atom. The van der Waals surface area contributed by atoms with E-state index < -0.39 is 30.8 Å². The smallest absolute Gasteiger partial charge is 0.268 e. The summed E-state index contributed by atoms with van der Waals surface area (Å²) >= 11 is 0. The molecule has 0 spiro atoms. The molecular formula is C27H22F2N4O3. The number of ketones is 1. The van der Waals surface area contributed by atoms with Crippen LogP contribution >= 0.6 is 0 Å². The van der Waals surface area contributed by atoms with Crippen LogP contribution in [0.1, 0.15) is 45.5 Å². The third kappa shape index (κ3) is 4.42. The fourth-order valence-corrected chi connectivity index (χ4v) is 4.87. The second-order valence-electron chi connectivity index (χ2n) is 9.12. The number of amides is 2. The van der Waals surface area contributed by atoms with Crippen LogP contribution in [0.4, 0.5) is 8.78 Å². The molecule has 2 aliphatic rings. The molecule has 2 aliphatic heterocycles. The number of carbonyl (C=O) groups excluding carboxylic acids is 3. The van der Waals surface area contributed by atoms with Gasteiger partial charge in [0.15, 0.2) is 5.78 Å². The maximum Gasteiger partial charge on any atom is 0.268 e. The third-order valence-electron chi connectivity index (χ3n) is 6.71. The van der Waals surface area contributed by atoms with Gasteiger partial charge >= 0.3 is 0 Å². The average Bonchev–Trinajstić information content (AvgIpc) is 3.21. The number of rotatable bonds is 5. The van der Waals surface area contributed by atoms with E-state index in [1.165, 1.54) is 6.20 Å². The number of likely N-dealkylation sites (tertiary alicyclic amines) is 1. The predicted molar refractivity (Wildman–Crippen MR) is 127 cm³/mol. The molecule has 3 aromatic rings. The van der Waals surface area contributed by atoms with Gasteiger partial charge in [-0.3, -0.25) is 19.4 Å². The third-order valence-corrected chi connectivity index (χ3v) is 6.71. The molecule has 0 bridgehead atoms. The number of Topliss-reactive ketones (excluding diaryl/α,β-unsaturated/α-hetero) is 1. The van der Waals surface area contributed by atoms with Crippen molar-refractivity contribution in [2.75, 3.05) is 13.1 Å². The van der Waals surface area contributed by atoms with E-state index in [4.69, 9.17) is 5.26 Å². The molecule has 0 saturated carbocycles. The van der Waals surface area contributed by atoms with Crippen molar-refractivity contribution in [2.45, 2.75) is 37.6 Å². The maximum absolute atomic E-state index is 13.7. The quantitative estimate of drug-likeness (QED) is 0.549. The number of benzene rings is 2. The number of pyridine rings is 1. The lowest BCUT2D eigenvalue weighted by Crippen LogP contribution is -2.36. The lowest BCUT2D eigenvalue weighted by atomic mass is 9.93. The monoisotopic (exact) mass is 488 g/mol. The Hall–Kier alpha value is -4.19. The second-order valence-corrected chi connectivity index (χ2v) is 9.12. The number of carbonyl (C=O) groups is 3. The summed E-state index contributed by atoms with van der Waals surface area (Å²) in [6.07, 6.45) is 1.13. The highest BCUT2D eigenvalue weighted by molar-refractivity contribution is 6.08. The Bertz CT molecular complexity index is 1450. The van der Waals surface area contributed by atoms with Crippen molar-refractivity contribution < 1.29 is 23.2 Å². The minimum atomic E-state index is -3.10. The van der Waals surface area contributed by atoms with Crippen molar-refractivity contribution in [1.82, 2.24) is 15.2 Å². The number of hydrogen-bond donors (Lipinski definition) is 1. The summed E-state index contributed by atoms with van der Waals surface area (Å²) in [6, 6.07) is 13.3. The number of halogens is 2. The Kier molecular flexibility index (Phi) is 5.96. The molecule has 2 aromatic carbocycles. The normalized spacial score (nSPS) is 18.4. The van der Waals surface area contributed by atoms with Gasteiger partial charge in [-0.15, -0.1) is 0 Å². The highest BCUT2D eigenvalue weighted by atomic mass is 19.3. The minimum Gasteiger partial charge on any atom is -0.352 e. The minimum absolute atomic E-state index is 0.0910. The maximum atomic E-state index is 13.7. The Morgan fingerprint density at radius 3 is 2.72 bits per heavy atom. The predicted octanol–water partition coefficient (Wildman–Crippen LogP) is 3.91. The number of aromatic nitrogens is 1. The number of hydrogen-bond acceptors (Lipinski definition) is 5. The molecule has 0 unspecified atom stereocenters. The van der Waals surface area contributed by atoms with E-state index in [0.717, 1.165) is 28.0 Å². The fourth-order valence-electron chi connectivity index (χ4n) is 4.87. The van der Waals surface area contributed by atoms with Gasteiger partial charge in [-0.25, -0.2) is 8.78 Å². The van der Waals surface area contributed by atoms with Crippen LogP contribution in [0.25, 0.3) is 22.0 Å². The van der Waals surface area contributed by atoms with Crippen molar-refractivity contribution in [2.24, 2.45) is 0 Å². The summed E-state index contributed by atoms with van der Waals surface area (Å²) in [4.78, 5) is 42.9. The standard InChI is InChI=1S/C27H22F2N4O3/c28-27(29)13-19(14-30)33(15-27)25(35)6-5-24(34)21-8-10-31-23-4-2-17(12-22(21)23)16-1-3-20-18(11-16)7-9-32-26(20)36/h1-4,8,10-12,19H,5-7,9,13,15H2,(H,32,36)/t19-/m0/s1. The fraction of sp³-hybridized carbons (Fsp3) is 0.296. The molecule has 9 heteroatoms. The van der Waals surface area contributed by atoms with E-state index in [9.17, 15) is 23.2 Å². The van der Waals surface area contributed by atoms with Crippen molar-refractivity contribution in [3.63, 3.8) is 0 Å². The van der Waals surface area contributed by atoms with Gasteiger partial charge < -0.3 is 10.2 Å². The molecular weight excluding hydrogens is 466 g/mol. The second kappa shape index (κ2) is 9.11. The summed E-state index contributed by atoms with van der Waals surface area (Å²) in [5, 5.41) is 12.6. The molecule has 0 radical (unpaired) electrons. The van der Waals surface area contributed by atoms with Crippen LogP contribution in [0.15, 0.2) is 48.7 Å². The molecule has 1 atom stereocenters. The Morgan fingerprint density at radius 2 is 1.92 bits per heavy atom. The van der Waals surface area contributed by atoms with E-state index in [1.54, 1.807) is 18.2 Å². The summed E-state index contributed by atoms with van der Waals surface area (Å²) in [7, 11) is 0. The molecule has 5 rings (SSSR count). The van der Waals surface area contributed by atoms with Gasteiger partial charge in [-0.1, -0.05) is 18.2 Å². The topological polar surface area (TPSA) is 103 Å². The van der Waals surface area contributed by atoms with Crippen LogP contribution in [0.3, 0.4) is 0 Å². The van der Waals surface area contributed by atoms with Crippen molar-refractivity contribution in [1.29, 1.82) is 5.26 Å². The van der Waals surface area contributed by atoms with Crippen LogP contribution in [0.2, 0.25) is 0 Å². The largest absolute Gasteiger partial charge is 0.352 e. The lowest BCUT2D eigenvalue weighted by Gasteiger charge is -2.19. The number of alkyl halides is 2. The van der Waals surface area contributed by atoms with Gasteiger partial charge in [0.1, 0.15) is 6.04 Å². The molecule has 182 valence electrons. The van der Waals surface area contributed by atoms with Crippen molar-refractivity contribution in [3.8, 4) is 17.2 Å². The Labute approximate surface area is 205 Å². The first-order valence-corrected chi connectivity index (χ1v) is 11.7. The highest BCUT2D eigenvalue weighted by Crippen LogP contribution is 2.33. The van der Waals surface area contributed by atoms with E-state index in [0.29, 0.717) is 28.6 Å².